The molecule has 0 spiro atoms. The molecule has 2 unspecified atom stereocenters. The van der Waals surface area contributed by atoms with Gasteiger partial charge >= 0.3 is 11.9 Å². The average Bonchev–Trinajstić information content (AvgIpc) is 2.25. The molecule has 16 heavy (non-hydrogen) atoms. The van der Waals surface area contributed by atoms with E-state index < -0.39 is 23.9 Å². The summed E-state index contributed by atoms with van der Waals surface area (Å²) >= 11 is 0. The summed E-state index contributed by atoms with van der Waals surface area (Å²) in [6.45, 7) is 1.44. The molecule has 0 aliphatic rings. The van der Waals surface area contributed by atoms with Crippen LogP contribution in [-0.2, 0) is 9.59 Å². The zero-order chi connectivity index (χ0) is 13.1. The zero-order valence-corrected chi connectivity index (χ0v) is 9.17. The lowest BCUT2D eigenvalue weighted by Crippen LogP contribution is -2.34. The second kappa shape index (κ2) is 10.3. The minimum atomic E-state index is -1.16. The quantitative estimate of drug-likeness (QED) is 0.393. The molecule has 0 aliphatic heterocycles. The number of hydrogen-bond donors (Lipinski definition) is 5. The van der Waals surface area contributed by atoms with Crippen LogP contribution in [0.15, 0.2) is 0 Å². The summed E-state index contributed by atoms with van der Waals surface area (Å²) in [4.78, 5) is 20.7. The smallest absolute Gasteiger partial charge is 0.320 e. The van der Waals surface area contributed by atoms with Gasteiger partial charge in [-0.15, -0.1) is 0 Å². The summed E-state index contributed by atoms with van der Waals surface area (Å²) in [5.41, 5.74) is 5.17. The van der Waals surface area contributed by atoms with E-state index in [1.165, 1.54) is 0 Å². The van der Waals surface area contributed by atoms with Gasteiger partial charge in [0.05, 0.1) is 19.1 Å². The number of hydrogen-bond acceptors (Lipinski definition) is 5. The number of rotatable bonds is 6. The predicted molar refractivity (Wildman–Crippen MR) is 55.8 cm³/mol. The highest BCUT2D eigenvalue weighted by molar-refractivity contribution is 5.75. The molecule has 0 aliphatic carbocycles. The second-order valence-corrected chi connectivity index (χ2v) is 3.07. The topological polar surface area (TPSA) is 141 Å². The average molecular weight is 237 g/mol. The number of carboxylic acid groups (broad SMARTS) is 2. The summed E-state index contributed by atoms with van der Waals surface area (Å²) in [6, 6.07) is -1.08. The van der Waals surface area contributed by atoms with Crippen LogP contribution in [0.5, 0.6) is 0 Å². The van der Waals surface area contributed by atoms with Crippen molar-refractivity contribution in [3.8, 4) is 0 Å². The van der Waals surface area contributed by atoms with E-state index in [0.29, 0.717) is 6.42 Å². The number of carboxylic acids is 2. The highest BCUT2D eigenvalue weighted by Gasteiger charge is 2.22. The molecule has 0 aromatic heterocycles. The summed E-state index contributed by atoms with van der Waals surface area (Å²) in [5, 5.41) is 32.2. The van der Waals surface area contributed by atoms with Gasteiger partial charge in [0.2, 0.25) is 0 Å². The Morgan fingerprint density at radius 2 is 1.56 bits per heavy atom. The van der Waals surface area contributed by atoms with Gasteiger partial charge in [-0.25, -0.2) is 0 Å². The highest BCUT2D eigenvalue weighted by Crippen LogP contribution is 2.10. The molecule has 0 saturated carbocycles. The molecule has 6 N–H and O–H groups in total. The first-order chi connectivity index (χ1) is 7.40. The number of carbonyl (C=O) groups is 2. The van der Waals surface area contributed by atoms with E-state index in [-0.39, 0.29) is 19.6 Å². The van der Waals surface area contributed by atoms with Crippen LogP contribution in [-0.4, -0.2) is 51.6 Å². The van der Waals surface area contributed by atoms with E-state index in [2.05, 4.69) is 0 Å². The molecule has 96 valence electrons. The van der Waals surface area contributed by atoms with Crippen molar-refractivity contribution in [2.75, 3.05) is 13.2 Å². The van der Waals surface area contributed by atoms with E-state index in [1.54, 1.807) is 6.92 Å². The van der Waals surface area contributed by atoms with Crippen LogP contribution in [0, 0.1) is 5.92 Å². The van der Waals surface area contributed by atoms with Crippen molar-refractivity contribution in [1.29, 1.82) is 0 Å². The molecule has 0 rings (SSSR count). The highest BCUT2D eigenvalue weighted by atomic mass is 16.4. The molecule has 0 heterocycles. The van der Waals surface area contributed by atoms with E-state index in [4.69, 9.17) is 26.2 Å². The summed E-state index contributed by atoms with van der Waals surface area (Å²) < 4.78 is 0. The van der Waals surface area contributed by atoms with Crippen LogP contribution < -0.4 is 5.73 Å². The maximum Gasteiger partial charge on any atom is 0.320 e. The number of aliphatic hydroxyl groups excluding tert-OH is 2. The van der Waals surface area contributed by atoms with Crippen LogP contribution in [0.4, 0.5) is 0 Å². The number of aliphatic carboxylic acids is 2. The first kappa shape index (κ1) is 17.2. The zero-order valence-electron chi connectivity index (χ0n) is 9.17. The van der Waals surface area contributed by atoms with E-state index >= 15 is 0 Å². The van der Waals surface area contributed by atoms with Gasteiger partial charge in [0, 0.05) is 0 Å². The van der Waals surface area contributed by atoms with Gasteiger partial charge in [-0.05, 0) is 12.8 Å². The van der Waals surface area contributed by atoms with Crippen molar-refractivity contribution < 1.29 is 30.0 Å². The fourth-order valence-corrected chi connectivity index (χ4v) is 0.849. The van der Waals surface area contributed by atoms with Crippen LogP contribution in [0.2, 0.25) is 0 Å². The van der Waals surface area contributed by atoms with E-state index in [0.717, 1.165) is 0 Å². The Labute approximate surface area is 93.5 Å². The summed E-state index contributed by atoms with van der Waals surface area (Å²) in [7, 11) is 0. The number of nitrogens with two attached hydrogens (primary N) is 1. The van der Waals surface area contributed by atoms with Crippen LogP contribution >= 0.6 is 0 Å². The monoisotopic (exact) mass is 237 g/mol. The molecule has 0 aromatic rings. The Morgan fingerprint density at radius 3 is 1.75 bits per heavy atom. The lowest BCUT2D eigenvalue weighted by atomic mass is 9.98. The van der Waals surface area contributed by atoms with Crippen molar-refractivity contribution in [3.05, 3.63) is 0 Å². The molecular weight excluding hydrogens is 218 g/mol. The molecule has 0 aromatic carbocycles. The van der Waals surface area contributed by atoms with Gasteiger partial charge in [-0.3, -0.25) is 9.59 Å². The van der Waals surface area contributed by atoms with Gasteiger partial charge < -0.3 is 26.2 Å². The SMILES string of the molecule is CCC(CC(N)C(=O)O)C(=O)O.OCCO. The molecule has 0 fully saturated rings. The van der Waals surface area contributed by atoms with Gasteiger partial charge in [0.25, 0.3) is 0 Å². The van der Waals surface area contributed by atoms with Crippen molar-refractivity contribution >= 4 is 11.9 Å². The first-order valence-corrected chi connectivity index (χ1v) is 4.83. The maximum atomic E-state index is 10.4. The normalized spacial score (nSPS) is 13.2. The molecule has 0 bridgehead atoms. The van der Waals surface area contributed by atoms with Crippen molar-refractivity contribution in [2.45, 2.75) is 25.8 Å². The molecule has 7 nitrogen and oxygen atoms in total. The minimum absolute atomic E-state index is 0.0127. The van der Waals surface area contributed by atoms with Crippen LogP contribution in [0.25, 0.3) is 0 Å². The molecule has 0 amide bonds. The van der Waals surface area contributed by atoms with E-state index in [1.807, 2.05) is 0 Å². The largest absolute Gasteiger partial charge is 0.481 e. The molecule has 7 heteroatoms. The Bertz CT molecular complexity index is 206. The lowest BCUT2D eigenvalue weighted by Gasteiger charge is -2.11. The van der Waals surface area contributed by atoms with Gasteiger partial charge in [0.1, 0.15) is 6.04 Å². The van der Waals surface area contributed by atoms with Crippen molar-refractivity contribution in [2.24, 2.45) is 11.7 Å². The van der Waals surface area contributed by atoms with Crippen LogP contribution in [0.3, 0.4) is 0 Å². The van der Waals surface area contributed by atoms with E-state index in [9.17, 15) is 9.59 Å². The molecule has 0 radical (unpaired) electrons. The van der Waals surface area contributed by atoms with Gasteiger partial charge in [0.15, 0.2) is 0 Å². The minimum Gasteiger partial charge on any atom is -0.481 e. The first-order valence-electron chi connectivity index (χ1n) is 4.83. The second-order valence-electron chi connectivity index (χ2n) is 3.07. The van der Waals surface area contributed by atoms with Crippen LogP contribution in [0.1, 0.15) is 19.8 Å². The fraction of sp³-hybridized carbons (Fsp3) is 0.778. The lowest BCUT2D eigenvalue weighted by molar-refractivity contribution is -0.143. The number of aliphatic hydroxyl groups is 2. The summed E-state index contributed by atoms with van der Waals surface area (Å²) in [5.74, 6) is -2.81. The van der Waals surface area contributed by atoms with Crippen molar-refractivity contribution in [3.63, 3.8) is 0 Å². The Hall–Kier alpha value is -1.18. The van der Waals surface area contributed by atoms with Gasteiger partial charge in [-0.1, -0.05) is 6.92 Å². The Morgan fingerprint density at radius 1 is 1.12 bits per heavy atom. The third-order valence-electron chi connectivity index (χ3n) is 1.80. The fourth-order valence-electron chi connectivity index (χ4n) is 0.849. The summed E-state index contributed by atoms with van der Waals surface area (Å²) in [6.07, 6.45) is 0.386. The maximum absolute atomic E-state index is 10.4. The Balaban J connectivity index is 0. The third-order valence-corrected chi connectivity index (χ3v) is 1.80. The third kappa shape index (κ3) is 9.38. The molecular formula is C9H19NO6. The molecule has 0 saturated heterocycles. The van der Waals surface area contributed by atoms with Gasteiger partial charge in [-0.2, -0.15) is 0 Å². The molecule has 2 atom stereocenters. The predicted octanol–water partition coefficient (Wildman–Crippen LogP) is -1.13. The standard InChI is InChI=1S/C7H13NO4.C2H6O2/c1-2-4(6(9)10)3-5(8)7(11)12;3-1-2-4/h4-5H,2-3,8H2,1H3,(H,9,10)(H,11,12);3-4H,1-2H2. The Kier molecular flexibility index (Phi) is 11.1. The van der Waals surface area contributed by atoms with Crippen molar-refractivity contribution in [1.82, 2.24) is 0 Å².